The number of non-ortho nitro benzene ring substituents is 1. The van der Waals surface area contributed by atoms with E-state index in [0.29, 0.717) is 0 Å². The lowest BCUT2D eigenvalue weighted by atomic mass is 10.0. The van der Waals surface area contributed by atoms with Gasteiger partial charge in [0.05, 0.1) is 10.7 Å². The van der Waals surface area contributed by atoms with Crippen molar-refractivity contribution in [3.63, 3.8) is 0 Å². The Morgan fingerprint density at radius 1 is 1.40 bits per heavy atom. The molecular weight excluding hydrogens is 280 g/mol. The van der Waals surface area contributed by atoms with Crippen molar-refractivity contribution >= 4 is 15.5 Å². The van der Waals surface area contributed by atoms with Crippen LogP contribution in [0.4, 0.5) is 5.69 Å². The molecule has 0 heterocycles. The van der Waals surface area contributed by atoms with Gasteiger partial charge in [-0.2, -0.15) is 0 Å². The molecule has 1 aromatic carbocycles. The number of hydrogen-bond acceptors (Lipinski definition) is 5. The van der Waals surface area contributed by atoms with E-state index in [4.69, 9.17) is 0 Å². The van der Waals surface area contributed by atoms with E-state index >= 15 is 0 Å². The molecule has 112 valence electrons. The van der Waals surface area contributed by atoms with Crippen molar-refractivity contribution in [2.75, 3.05) is 12.0 Å². The molecule has 0 spiro atoms. The number of hydrogen-bond donors (Lipinski definition) is 1. The first-order valence-electron chi connectivity index (χ1n) is 6.41. The summed E-state index contributed by atoms with van der Waals surface area (Å²) in [6, 6.07) is 6.09. The first-order chi connectivity index (χ1) is 9.23. The Labute approximate surface area is 119 Å². The van der Waals surface area contributed by atoms with Gasteiger partial charge in [-0.25, -0.2) is 8.42 Å². The molecule has 1 rings (SSSR count). The highest BCUT2D eigenvalue weighted by atomic mass is 32.2. The van der Waals surface area contributed by atoms with Gasteiger partial charge in [0, 0.05) is 30.5 Å². The van der Waals surface area contributed by atoms with Crippen LogP contribution in [0, 0.1) is 10.1 Å². The maximum atomic E-state index is 11.3. The summed E-state index contributed by atoms with van der Waals surface area (Å²) in [6.07, 6.45) is 1.91. The summed E-state index contributed by atoms with van der Waals surface area (Å²) in [5, 5.41) is 14.0. The molecule has 0 aliphatic heterocycles. The second kappa shape index (κ2) is 6.81. The summed E-state index contributed by atoms with van der Waals surface area (Å²) in [5.41, 5.74) is 0.834. The highest BCUT2D eigenvalue weighted by Crippen LogP contribution is 2.22. The van der Waals surface area contributed by atoms with Crippen molar-refractivity contribution in [1.82, 2.24) is 5.32 Å². The van der Waals surface area contributed by atoms with Crippen molar-refractivity contribution in [2.24, 2.45) is 0 Å². The van der Waals surface area contributed by atoms with Crippen LogP contribution in [0.3, 0.4) is 0 Å². The van der Waals surface area contributed by atoms with Crippen molar-refractivity contribution in [3.05, 3.63) is 39.9 Å². The summed E-state index contributed by atoms with van der Waals surface area (Å²) in [5.74, 6) is 0.0401. The predicted octanol–water partition coefficient (Wildman–Crippen LogP) is 2.07. The molecule has 0 bridgehead atoms. The summed E-state index contributed by atoms with van der Waals surface area (Å²) < 4.78 is 22.5. The maximum absolute atomic E-state index is 11.3. The van der Waals surface area contributed by atoms with Crippen molar-refractivity contribution in [2.45, 2.75) is 32.4 Å². The van der Waals surface area contributed by atoms with Gasteiger partial charge in [-0.3, -0.25) is 10.1 Å². The molecular formula is C13H20N2O4S. The Kier molecular flexibility index (Phi) is 5.64. The normalized spacial score (nSPS) is 14.8. The van der Waals surface area contributed by atoms with Crippen molar-refractivity contribution in [1.29, 1.82) is 0 Å². The Morgan fingerprint density at radius 3 is 2.55 bits per heavy atom. The van der Waals surface area contributed by atoms with Crippen LogP contribution in [0.1, 0.15) is 31.9 Å². The molecule has 2 unspecified atom stereocenters. The zero-order valence-electron chi connectivity index (χ0n) is 11.9. The average molecular weight is 300 g/mol. The van der Waals surface area contributed by atoms with E-state index < -0.39 is 14.8 Å². The Morgan fingerprint density at radius 2 is 2.05 bits per heavy atom. The quantitative estimate of drug-likeness (QED) is 0.615. The largest absolute Gasteiger partial charge is 0.306 e. The van der Waals surface area contributed by atoms with Gasteiger partial charge in [0.15, 0.2) is 0 Å². The third-order valence-corrected chi connectivity index (χ3v) is 4.04. The lowest BCUT2D eigenvalue weighted by Crippen LogP contribution is -2.35. The standard InChI is InChI=1S/C13H20N2O4S/c1-4-13(14-10(2)9-20(3,18)19)11-6-5-7-12(8-11)15(16)17/h5-8,10,13-14H,4,9H2,1-3H3. The number of nitro groups is 1. The zero-order valence-corrected chi connectivity index (χ0v) is 12.7. The SMILES string of the molecule is CCC(NC(C)CS(C)(=O)=O)c1cccc([N+](=O)[O-])c1. The van der Waals surface area contributed by atoms with E-state index in [-0.39, 0.29) is 23.5 Å². The average Bonchev–Trinajstić information content (AvgIpc) is 2.34. The van der Waals surface area contributed by atoms with Gasteiger partial charge in [0.1, 0.15) is 9.84 Å². The summed E-state index contributed by atoms with van der Waals surface area (Å²) >= 11 is 0. The van der Waals surface area contributed by atoms with E-state index in [1.807, 2.05) is 6.92 Å². The number of rotatable bonds is 7. The molecule has 2 atom stereocenters. The second-order valence-corrected chi connectivity index (χ2v) is 7.16. The van der Waals surface area contributed by atoms with Gasteiger partial charge in [0.2, 0.25) is 0 Å². The van der Waals surface area contributed by atoms with Crippen LogP contribution in [0.25, 0.3) is 0 Å². The van der Waals surface area contributed by atoms with Gasteiger partial charge in [-0.15, -0.1) is 0 Å². The van der Waals surface area contributed by atoms with E-state index in [1.165, 1.54) is 18.4 Å². The number of sulfone groups is 1. The monoisotopic (exact) mass is 300 g/mol. The molecule has 0 aliphatic carbocycles. The summed E-state index contributed by atoms with van der Waals surface area (Å²) in [7, 11) is -3.05. The molecule has 0 amide bonds. The first kappa shape index (κ1) is 16.6. The van der Waals surface area contributed by atoms with Crippen LogP contribution in [-0.4, -0.2) is 31.4 Å². The Hall–Kier alpha value is -1.47. The molecule has 0 saturated carbocycles. The fourth-order valence-corrected chi connectivity index (χ4v) is 3.16. The highest BCUT2D eigenvalue weighted by molar-refractivity contribution is 7.90. The molecule has 1 N–H and O–H groups in total. The number of nitrogens with zero attached hydrogens (tertiary/aromatic N) is 1. The van der Waals surface area contributed by atoms with Crippen LogP contribution >= 0.6 is 0 Å². The van der Waals surface area contributed by atoms with Crippen LogP contribution in [0.15, 0.2) is 24.3 Å². The third-order valence-electron chi connectivity index (χ3n) is 2.93. The van der Waals surface area contributed by atoms with Crippen LogP contribution in [-0.2, 0) is 9.84 Å². The van der Waals surface area contributed by atoms with Crippen LogP contribution in [0.2, 0.25) is 0 Å². The van der Waals surface area contributed by atoms with Crippen LogP contribution < -0.4 is 5.32 Å². The molecule has 0 fully saturated rings. The highest BCUT2D eigenvalue weighted by Gasteiger charge is 2.17. The van der Waals surface area contributed by atoms with Crippen LogP contribution in [0.5, 0.6) is 0 Å². The molecule has 6 nitrogen and oxygen atoms in total. The Balaban J connectivity index is 2.85. The van der Waals surface area contributed by atoms with Gasteiger partial charge in [-0.05, 0) is 18.9 Å². The summed E-state index contributed by atoms with van der Waals surface area (Å²) in [6.45, 7) is 3.74. The smallest absolute Gasteiger partial charge is 0.269 e. The van der Waals surface area contributed by atoms with Crippen molar-refractivity contribution in [3.8, 4) is 0 Å². The first-order valence-corrected chi connectivity index (χ1v) is 8.47. The lowest BCUT2D eigenvalue weighted by Gasteiger charge is -2.22. The molecule has 0 saturated heterocycles. The number of nitro benzene ring substituents is 1. The minimum atomic E-state index is -3.05. The lowest BCUT2D eigenvalue weighted by molar-refractivity contribution is -0.384. The minimum Gasteiger partial charge on any atom is -0.306 e. The molecule has 0 aromatic heterocycles. The number of benzene rings is 1. The second-order valence-electron chi connectivity index (χ2n) is 4.97. The third kappa shape index (κ3) is 5.26. The fraction of sp³-hybridized carbons (Fsp3) is 0.538. The van der Waals surface area contributed by atoms with Gasteiger partial charge in [-0.1, -0.05) is 19.1 Å². The van der Waals surface area contributed by atoms with Gasteiger partial charge in [0.25, 0.3) is 5.69 Å². The molecule has 20 heavy (non-hydrogen) atoms. The van der Waals surface area contributed by atoms with E-state index in [9.17, 15) is 18.5 Å². The van der Waals surface area contributed by atoms with E-state index in [1.54, 1.807) is 19.1 Å². The molecule has 0 radical (unpaired) electrons. The number of nitrogens with one attached hydrogen (secondary N) is 1. The van der Waals surface area contributed by atoms with Gasteiger partial charge >= 0.3 is 0 Å². The topological polar surface area (TPSA) is 89.3 Å². The van der Waals surface area contributed by atoms with E-state index in [0.717, 1.165) is 12.0 Å². The van der Waals surface area contributed by atoms with Crippen molar-refractivity contribution < 1.29 is 13.3 Å². The minimum absolute atomic E-state index is 0.0401. The maximum Gasteiger partial charge on any atom is 0.269 e. The van der Waals surface area contributed by atoms with Gasteiger partial charge < -0.3 is 5.32 Å². The van der Waals surface area contributed by atoms with E-state index in [2.05, 4.69) is 5.32 Å². The molecule has 0 aliphatic rings. The zero-order chi connectivity index (χ0) is 15.3. The Bertz CT molecular complexity index is 571. The summed E-state index contributed by atoms with van der Waals surface area (Å²) in [4.78, 5) is 10.3. The predicted molar refractivity (Wildman–Crippen MR) is 78.4 cm³/mol. The molecule has 7 heteroatoms. The fourth-order valence-electron chi connectivity index (χ4n) is 2.15. The molecule has 1 aromatic rings.